The zero-order valence-electron chi connectivity index (χ0n) is 7.56. The average Bonchev–Trinajstić information content (AvgIpc) is 1.91. The van der Waals surface area contributed by atoms with Crippen molar-refractivity contribution in [2.75, 3.05) is 0 Å². The smallest absolute Gasteiger partial charge is 0.242 e. The number of rotatable bonds is 1. The van der Waals surface area contributed by atoms with Gasteiger partial charge >= 0.3 is 0 Å². The minimum absolute atomic E-state index is 0.107. The van der Waals surface area contributed by atoms with Gasteiger partial charge in [0.2, 0.25) is 5.91 Å². The molecule has 0 saturated carbocycles. The molecule has 0 bridgehead atoms. The van der Waals surface area contributed by atoms with Gasteiger partial charge in [0.15, 0.2) is 0 Å². The Morgan fingerprint density at radius 3 is 1.80 bits per heavy atom. The molecule has 0 unspecified atom stereocenters. The monoisotopic (exact) mass is 143 g/mol. The van der Waals surface area contributed by atoms with Crippen LogP contribution in [0.2, 0.25) is 0 Å². The highest BCUT2D eigenvalue weighted by Crippen LogP contribution is 1.83. The Hall–Kier alpha value is -0.660. The van der Waals surface area contributed by atoms with Crippen molar-refractivity contribution >= 4 is 11.6 Å². The van der Waals surface area contributed by atoms with Gasteiger partial charge < -0.3 is 0 Å². The molecule has 0 atom stereocenters. The van der Waals surface area contributed by atoms with E-state index in [2.05, 4.69) is 4.99 Å². The van der Waals surface area contributed by atoms with Crippen molar-refractivity contribution in [3.8, 4) is 0 Å². The van der Waals surface area contributed by atoms with Crippen molar-refractivity contribution in [1.82, 2.24) is 0 Å². The van der Waals surface area contributed by atoms with Gasteiger partial charge in [0, 0.05) is 12.6 Å². The van der Waals surface area contributed by atoms with Crippen LogP contribution in [0.4, 0.5) is 0 Å². The van der Waals surface area contributed by atoms with Gasteiger partial charge in [0.1, 0.15) is 0 Å². The Balaban J connectivity index is 0. The maximum absolute atomic E-state index is 10.2. The second-order valence-corrected chi connectivity index (χ2v) is 1.72. The van der Waals surface area contributed by atoms with E-state index < -0.39 is 0 Å². The third-order valence-electron chi connectivity index (χ3n) is 0.860. The number of amides is 1. The Labute approximate surface area is 63.4 Å². The molecule has 10 heavy (non-hydrogen) atoms. The molecule has 0 saturated heterocycles. The molecule has 0 spiro atoms. The summed E-state index contributed by atoms with van der Waals surface area (Å²) in [7, 11) is 0. The molecule has 0 aromatic heterocycles. The molecule has 0 aliphatic rings. The van der Waals surface area contributed by atoms with Crippen molar-refractivity contribution < 1.29 is 4.79 Å². The molecule has 60 valence electrons. The fourth-order valence-corrected chi connectivity index (χ4v) is 0.348. The van der Waals surface area contributed by atoms with E-state index in [0.29, 0.717) is 0 Å². The highest BCUT2D eigenvalue weighted by Gasteiger charge is 1.86. The lowest BCUT2D eigenvalue weighted by Crippen LogP contribution is -1.92. The normalized spacial score (nSPS) is 9.90. The van der Waals surface area contributed by atoms with Crippen molar-refractivity contribution in [3.05, 3.63) is 0 Å². The molecule has 1 amide bonds. The molecule has 0 heterocycles. The zero-order chi connectivity index (χ0) is 8.57. The Morgan fingerprint density at radius 1 is 1.30 bits per heavy atom. The van der Waals surface area contributed by atoms with E-state index in [-0.39, 0.29) is 5.91 Å². The van der Waals surface area contributed by atoms with Gasteiger partial charge in [-0.2, -0.15) is 0 Å². The third kappa shape index (κ3) is 10.3. The lowest BCUT2D eigenvalue weighted by Gasteiger charge is -1.87. The summed E-state index contributed by atoms with van der Waals surface area (Å²) < 4.78 is 0. The van der Waals surface area contributed by atoms with E-state index in [1.807, 2.05) is 27.7 Å². The molecule has 0 aliphatic heterocycles. The largest absolute Gasteiger partial charge is 0.273 e. The molecule has 0 aromatic carbocycles. The summed E-state index contributed by atoms with van der Waals surface area (Å²) in [4.78, 5) is 13.9. The summed E-state index contributed by atoms with van der Waals surface area (Å²) in [6.07, 6.45) is 0.861. The number of nitrogens with zero attached hydrogens (tertiary/aromatic N) is 1. The van der Waals surface area contributed by atoms with E-state index in [9.17, 15) is 4.79 Å². The number of hydrogen-bond acceptors (Lipinski definition) is 1. The van der Waals surface area contributed by atoms with Crippen LogP contribution >= 0.6 is 0 Å². The lowest BCUT2D eigenvalue weighted by atomic mass is 10.3. The molecular formula is C8H17NO. The molecule has 0 N–H and O–H groups in total. The fourth-order valence-electron chi connectivity index (χ4n) is 0.348. The van der Waals surface area contributed by atoms with E-state index in [1.165, 1.54) is 6.92 Å². The molecular weight excluding hydrogens is 126 g/mol. The zero-order valence-corrected chi connectivity index (χ0v) is 7.56. The summed E-state index contributed by atoms with van der Waals surface area (Å²) in [6, 6.07) is 0. The first-order valence-corrected chi connectivity index (χ1v) is 3.71. The van der Waals surface area contributed by atoms with Crippen molar-refractivity contribution in [1.29, 1.82) is 0 Å². The highest BCUT2D eigenvalue weighted by atomic mass is 16.1. The van der Waals surface area contributed by atoms with Crippen LogP contribution < -0.4 is 0 Å². The molecule has 0 radical (unpaired) electrons. The standard InChI is InChI=1S/C6H11NO.C2H6/c1-4-5(2)7-6(3)8;1-2/h4H2,1-3H3;1-2H3. The quantitative estimate of drug-likeness (QED) is 0.518. The topological polar surface area (TPSA) is 29.4 Å². The molecule has 0 aliphatic carbocycles. The fraction of sp³-hybridized carbons (Fsp3) is 0.750. The van der Waals surface area contributed by atoms with Gasteiger partial charge in [-0.15, -0.1) is 0 Å². The Bertz CT molecular complexity index is 116. The summed E-state index contributed by atoms with van der Waals surface area (Å²) in [6.45, 7) is 9.28. The van der Waals surface area contributed by atoms with E-state index in [0.717, 1.165) is 12.1 Å². The first kappa shape index (κ1) is 12.1. The second-order valence-electron chi connectivity index (χ2n) is 1.72. The van der Waals surface area contributed by atoms with Gasteiger partial charge in [-0.1, -0.05) is 20.8 Å². The van der Waals surface area contributed by atoms with Gasteiger partial charge in [-0.05, 0) is 13.3 Å². The van der Waals surface area contributed by atoms with Crippen molar-refractivity contribution in [2.45, 2.75) is 41.0 Å². The van der Waals surface area contributed by atoms with Crippen molar-refractivity contribution in [3.63, 3.8) is 0 Å². The predicted octanol–water partition coefficient (Wildman–Crippen LogP) is 2.43. The number of aliphatic imine (C=N–C) groups is 1. The van der Waals surface area contributed by atoms with E-state index in [1.54, 1.807) is 0 Å². The summed E-state index contributed by atoms with van der Waals surface area (Å²) in [5, 5.41) is 0. The maximum atomic E-state index is 10.2. The van der Waals surface area contributed by atoms with Gasteiger partial charge in [-0.3, -0.25) is 4.79 Å². The van der Waals surface area contributed by atoms with Crippen LogP contribution in [0.15, 0.2) is 4.99 Å². The number of hydrogen-bond donors (Lipinski definition) is 0. The van der Waals surface area contributed by atoms with Gasteiger partial charge in [0.25, 0.3) is 0 Å². The maximum Gasteiger partial charge on any atom is 0.242 e. The molecule has 0 fully saturated rings. The third-order valence-corrected chi connectivity index (χ3v) is 0.860. The highest BCUT2D eigenvalue weighted by molar-refractivity contribution is 5.93. The average molecular weight is 143 g/mol. The van der Waals surface area contributed by atoms with Gasteiger partial charge in [-0.25, -0.2) is 4.99 Å². The SMILES string of the molecule is CC.CCC(C)=NC(C)=O. The summed E-state index contributed by atoms with van der Waals surface area (Å²) >= 11 is 0. The summed E-state index contributed by atoms with van der Waals surface area (Å²) in [5.41, 5.74) is 0.900. The Morgan fingerprint density at radius 2 is 1.70 bits per heavy atom. The molecule has 0 rings (SSSR count). The molecule has 0 aromatic rings. The molecule has 2 nitrogen and oxygen atoms in total. The van der Waals surface area contributed by atoms with Crippen LogP contribution in [0, 0.1) is 0 Å². The molecule has 2 heteroatoms. The number of carbonyl (C=O) groups is 1. The minimum atomic E-state index is -0.107. The van der Waals surface area contributed by atoms with E-state index in [4.69, 9.17) is 0 Å². The van der Waals surface area contributed by atoms with Crippen LogP contribution in [-0.2, 0) is 4.79 Å². The predicted molar refractivity (Wildman–Crippen MR) is 45.4 cm³/mol. The minimum Gasteiger partial charge on any atom is -0.273 e. The first-order valence-electron chi connectivity index (χ1n) is 3.71. The second kappa shape index (κ2) is 8.34. The van der Waals surface area contributed by atoms with E-state index >= 15 is 0 Å². The number of carbonyl (C=O) groups excluding carboxylic acids is 1. The van der Waals surface area contributed by atoms with Crippen LogP contribution in [0.3, 0.4) is 0 Å². The van der Waals surface area contributed by atoms with Crippen LogP contribution in [0.5, 0.6) is 0 Å². The van der Waals surface area contributed by atoms with Crippen LogP contribution in [-0.4, -0.2) is 11.6 Å². The Kier molecular flexibility index (Phi) is 10.1. The van der Waals surface area contributed by atoms with Crippen molar-refractivity contribution in [2.24, 2.45) is 4.99 Å². The summed E-state index contributed by atoms with van der Waals surface area (Å²) in [5.74, 6) is -0.107. The first-order chi connectivity index (χ1) is 4.66. The van der Waals surface area contributed by atoms with Crippen LogP contribution in [0.1, 0.15) is 41.0 Å². The lowest BCUT2D eigenvalue weighted by molar-refractivity contribution is -0.115. The van der Waals surface area contributed by atoms with Gasteiger partial charge in [0.05, 0.1) is 0 Å². The van der Waals surface area contributed by atoms with Crippen LogP contribution in [0.25, 0.3) is 0 Å².